The van der Waals surface area contributed by atoms with E-state index in [0.717, 1.165) is 17.7 Å². The van der Waals surface area contributed by atoms with Crippen LogP contribution in [0.3, 0.4) is 0 Å². The van der Waals surface area contributed by atoms with E-state index in [1.54, 1.807) is 11.3 Å². The molecule has 0 aliphatic heterocycles. The summed E-state index contributed by atoms with van der Waals surface area (Å²) in [5, 5.41) is 5.47. The van der Waals surface area contributed by atoms with Gasteiger partial charge in [-0.2, -0.15) is 0 Å². The Hall–Kier alpha value is -1.36. The molecule has 0 fully saturated rings. The topological polar surface area (TPSA) is 58.2 Å². The van der Waals surface area contributed by atoms with Crippen molar-refractivity contribution < 1.29 is 9.59 Å². The van der Waals surface area contributed by atoms with Crippen LogP contribution in [0.5, 0.6) is 0 Å². The van der Waals surface area contributed by atoms with E-state index in [2.05, 4.69) is 10.6 Å². The van der Waals surface area contributed by atoms with Crippen LogP contribution >= 0.6 is 11.3 Å². The Bertz CT molecular complexity index is 483. The number of fused-ring (bicyclic) bond motifs is 1. The molecule has 1 aliphatic rings. The third-order valence-corrected chi connectivity index (χ3v) is 4.82. The lowest BCUT2D eigenvalue weighted by atomic mass is 10.00. The molecule has 4 nitrogen and oxygen atoms in total. The van der Waals surface area contributed by atoms with Gasteiger partial charge in [-0.3, -0.25) is 9.59 Å². The Kier molecular flexibility index (Phi) is 5.79. The van der Waals surface area contributed by atoms with E-state index in [4.69, 9.17) is 0 Å². The highest BCUT2D eigenvalue weighted by atomic mass is 32.1. The molecule has 2 amide bonds. The molecular formula is C16H24N2O2S. The van der Waals surface area contributed by atoms with Gasteiger partial charge in [-0.05, 0) is 51.2 Å². The van der Waals surface area contributed by atoms with Crippen LogP contribution in [0.2, 0.25) is 0 Å². The molecule has 5 heteroatoms. The third-order valence-electron chi connectivity index (χ3n) is 3.58. The Morgan fingerprint density at radius 1 is 1.19 bits per heavy atom. The zero-order valence-corrected chi connectivity index (χ0v) is 13.6. The molecule has 0 unspecified atom stereocenters. The fourth-order valence-corrected chi connectivity index (χ4v) is 3.75. The van der Waals surface area contributed by atoms with Crippen LogP contribution in [-0.4, -0.2) is 24.4 Å². The predicted octanol–water partition coefficient (Wildman–Crippen LogP) is 2.66. The summed E-state index contributed by atoms with van der Waals surface area (Å²) < 4.78 is 0. The van der Waals surface area contributed by atoms with Gasteiger partial charge < -0.3 is 10.6 Å². The van der Waals surface area contributed by atoms with Crippen LogP contribution < -0.4 is 10.6 Å². The van der Waals surface area contributed by atoms with Crippen LogP contribution in [-0.2, 0) is 17.6 Å². The number of thiophene rings is 1. The van der Waals surface area contributed by atoms with Gasteiger partial charge in [-0.25, -0.2) is 0 Å². The molecule has 0 spiro atoms. The highest BCUT2D eigenvalue weighted by molar-refractivity contribution is 7.14. The van der Waals surface area contributed by atoms with E-state index < -0.39 is 0 Å². The summed E-state index contributed by atoms with van der Waals surface area (Å²) in [7, 11) is 0. The molecule has 0 radical (unpaired) electrons. The average Bonchev–Trinajstić information content (AvgIpc) is 2.78. The zero-order chi connectivity index (χ0) is 15.2. The second-order valence-electron chi connectivity index (χ2n) is 5.88. The minimum atomic E-state index is -0.145. The van der Waals surface area contributed by atoms with Crippen molar-refractivity contribution in [3.8, 4) is 0 Å². The normalized spacial score (nSPS) is 15.0. The largest absolute Gasteiger partial charge is 0.352 e. The molecule has 1 heterocycles. The highest BCUT2D eigenvalue weighted by Crippen LogP contribution is 2.28. The Labute approximate surface area is 130 Å². The first-order valence-corrected chi connectivity index (χ1v) is 8.57. The minimum absolute atomic E-state index is 0.0412. The van der Waals surface area contributed by atoms with Crippen molar-refractivity contribution in [2.24, 2.45) is 0 Å². The van der Waals surface area contributed by atoms with Gasteiger partial charge in [0.1, 0.15) is 0 Å². The second kappa shape index (κ2) is 7.59. The number of nitrogens with one attached hydrogen (secondary N) is 2. The lowest BCUT2D eigenvalue weighted by Gasteiger charge is -2.08. The number of hydrogen-bond acceptors (Lipinski definition) is 3. The molecule has 0 atom stereocenters. The van der Waals surface area contributed by atoms with Gasteiger partial charge in [0.15, 0.2) is 0 Å². The molecule has 0 bridgehead atoms. The molecule has 21 heavy (non-hydrogen) atoms. The molecule has 0 saturated carbocycles. The molecule has 0 aromatic carbocycles. The van der Waals surface area contributed by atoms with Crippen molar-refractivity contribution in [1.29, 1.82) is 0 Å². The molecule has 116 valence electrons. The molecule has 2 rings (SSSR count). The average molecular weight is 308 g/mol. The van der Waals surface area contributed by atoms with Crippen LogP contribution in [0.15, 0.2) is 6.07 Å². The van der Waals surface area contributed by atoms with Crippen LogP contribution in [0.1, 0.15) is 59.6 Å². The second-order valence-corrected chi connectivity index (χ2v) is 7.01. The van der Waals surface area contributed by atoms with Crippen molar-refractivity contribution in [1.82, 2.24) is 10.6 Å². The summed E-state index contributed by atoms with van der Waals surface area (Å²) in [5.41, 5.74) is 1.33. The quantitative estimate of drug-likeness (QED) is 0.898. The smallest absolute Gasteiger partial charge is 0.261 e. The number of rotatable bonds is 4. The fourth-order valence-electron chi connectivity index (χ4n) is 2.58. The van der Waals surface area contributed by atoms with Gasteiger partial charge in [-0.15, -0.1) is 11.3 Å². The van der Waals surface area contributed by atoms with E-state index in [-0.39, 0.29) is 24.4 Å². The number of carbonyl (C=O) groups excluding carboxylic acids is 2. The van der Waals surface area contributed by atoms with Crippen molar-refractivity contribution >= 4 is 23.2 Å². The third kappa shape index (κ3) is 4.84. The molecular weight excluding hydrogens is 284 g/mol. The van der Waals surface area contributed by atoms with E-state index >= 15 is 0 Å². The number of hydrogen-bond donors (Lipinski definition) is 2. The first-order valence-electron chi connectivity index (χ1n) is 7.75. The maximum atomic E-state index is 12.1. The lowest BCUT2D eigenvalue weighted by Crippen LogP contribution is -2.39. The van der Waals surface area contributed by atoms with Crippen LogP contribution in [0.25, 0.3) is 0 Å². The van der Waals surface area contributed by atoms with Crippen molar-refractivity contribution in [3.05, 3.63) is 21.4 Å². The van der Waals surface area contributed by atoms with E-state index in [0.29, 0.717) is 0 Å². The van der Waals surface area contributed by atoms with Gasteiger partial charge in [0, 0.05) is 10.9 Å². The molecule has 0 saturated heterocycles. The van der Waals surface area contributed by atoms with Gasteiger partial charge in [-0.1, -0.05) is 12.8 Å². The number of carbonyl (C=O) groups is 2. The zero-order valence-electron chi connectivity index (χ0n) is 12.8. The van der Waals surface area contributed by atoms with Crippen molar-refractivity contribution in [2.75, 3.05) is 6.54 Å². The minimum Gasteiger partial charge on any atom is -0.352 e. The van der Waals surface area contributed by atoms with Gasteiger partial charge in [0.05, 0.1) is 11.4 Å². The standard InChI is InChI=1S/C16H24N2O2S/c1-11(2)18-15(19)10-17-16(20)14-9-12-7-5-3-4-6-8-13(12)21-14/h9,11H,3-8,10H2,1-2H3,(H,17,20)(H,18,19). The van der Waals surface area contributed by atoms with Gasteiger partial charge in [0.2, 0.25) is 5.91 Å². The molecule has 2 N–H and O–H groups in total. The van der Waals surface area contributed by atoms with Crippen LogP contribution in [0, 0.1) is 0 Å². The van der Waals surface area contributed by atoms with E-state index in [1.165, 1.54) is 36.1 Å². The van der Waals surface area contributed by atoms with Crippen molar-refractivity contribution in [2.45, 2.75) is 58.4 Å². The molecule has 1 aliphatic carbocycles. The summed E-state index contributed by atoms with van der Waals surface area (Å²) in [4.78, 5) is 25.8. The van der Waals surface area contributed by atoms with Gasteiger partial charge >= 0.3 is 0 Å². The lowest BCUT2D eigenvalue weighted by molar-refractivity contribution is -0.120. The molecule has 1 aromatic heterocycles. The first kappa shape index (κ1) is 16.0. The predicted molar refractivity (Wildman–Crippen MR) is 85.8 cm³/mol. The fraction of sp³-hybridized carbons (Fsp3) is 0.625. The molecule has 1 aromatic rings. The summed E-state index contributed by atoms with van der Waals surface area (Å²) in [6, 6.07) is 2.11. The monoisotopic (exact) mass is 308 g/mol. The maximum Gasteiger partial charge on any atom is 0.261 e. The van der Waals surface area contributed by atoms with Crippen molar-refractivity contribution in [3.63, 3.8) is 0 Å². The summed E-state index contributed by atoms with van der Waals surface area (Å²) in [6.07, 6.45) is 7.15. The highest BCUT2D eigenvalue weighted by Gasteiger charge is 2.16. The Morgan fingerprint density at radius 3 is 2.62 bits per heavy atom. The summed E-state index contributed by atoms with van der Waals surface area (Å²) in [5.74, 6) is -0.279. The van der Waals surface area contributed by atoms with Crippen LogP contribution in [0.4, 0.5) is 0 Å². The SMILES string of the molecule is CC(C)NC(=O)CNC(=O)c1cc2c(s1)CCCCCC2. The number of aryl methyl sites for hydroxylation is 2. The maximum absolute atomic E-state index is 12.1. The van der Waals surface area contributed by atoms with E-state index in [9.17, 15) is 9.59 Å². The summed E-state index contributed by atoms with van der Waals surface area (Å²) in [6.45, 7) is 3.84. The Balaban J connectivity index is 1.93. The van der Waals surface area contributed by atoms with E-state index in [1.807, 2.05) is 19.9 Å². The summed E-state index contributed by atoms with van der Waals surface area (Å²) >= 11 is 1.59. The Morgan fingerprint density at radius 2 is 1.90 bits per heavy atom. The first-order chi connectivity index (χ1) is 10.1. The number of amides is 2. The van der Waals surface area contributed by atoms with Gasteiger partial charge in [0.25, 0.3) is 5.91 Å².